The van der Waals surface area contributed by atoms with Crippen LogP contribution in [0.4, 0.5) is 0 Å². The fourth-order valence-electron chi connectivity index (χ4n) is 2.08. The highest BCUT2D eigenvalue weighted by Crippen LogP contribution is 2.15. The maximum absolute atomic E-state index is 12.1. The van der Waals surface area contributed by atoms with Crippen molar-refractivity contribution in [2.45, 2.75) is 6.54 Å². The summed E-state index contributed by atoms with van der Waals surface area (Å²) in [7, 11) is 0. The first-order chi connectivity index (χ1) is 9.72. The molecule has 2 aromatic carbocycles. The van der Waals surface area contributed by atoms with Crippen molar-refractivity contribution in [3.63, 3.8) is 0 Å². The van der Waals surface area contributed by atoms with E-state index in [1.807, 2.05) is 54.6 Å². The van der Waals surface area contributed by atoms with Crippen LogP contribution in [0.15, 0.2) is 59.1 Å². The number of amides is 1. The van der Waals surface area contributed by atoms with Gasteiger partial charge < -0.3 is 10.3 Å². The second kappa shape index (κ2) is 5.51. The lowest BCUT2D eigenvalue weighted by Gasteiger charge is -2.04. The Bertz CT molecular complexity index is 714. The molecule has 0 aliphatic carbocycles. The standard InChI is InChI=1S/C16H13BrN2O/c17-13-7-5-11(6-8-13)10-18-16(20)15-9-12-3-1-2-4-14(12)19-15/h1-9,19H,10H2,(H,18,20). The molecule has 0 unspecified atom stereocenters. The van der Waals surface area contributed by atoms with Crippen molar-refractivity contribution < 1.29 is 4.79 Å². The zero-order chi connectivity index (χ0) is 13.9. The van der Waals surface area contributed by atoms with Gasteiger partial charge in [-0.15, -0.1) is 0 Å². The molecular formula is C16H13BrN2O. The van der Waals surface area contributed by atoms with Crippen LogP contribution in [-0.2, 0) is 6.54 Å². The van der Waals surface area contributed by atoms with Gasteiger partial charge in [0.25, 0.3) is 5.91 Å². The van der Waals surface area contributed by atoms with Gasteiger partial charge in [0.2, 0.25) is 0 Å². The number of aromatic amines is 1. The quantitative estimate of drug-likeness (QED) is 0.753. The number of benzene rings is 2. The summed E-state index contributed by atoms with van der Waals surface area (Å²) in [6.07, 6.45) is 0. The summed E-state index contributed by atoms with van der Waals surface area (Å²) < 4.78 is 1.03. The van der Waals surface area contributed by atoms with E-state index in [-0.39, 0.29) is 5.91 Å². The summed E-state index contributed by atoms with van der Waals surface area (Å²) in [5.74, 6) is -0.0934. The number of carbonyl (C=O) groups excluding carboxylic acids is 1. The second-order valence-corrected chi connectivity index (χ2v) is 5.50. The maximum Gasteiger partial charge on any atom is 0.267 e. The molecule has 1 heterocycles. The Morgan fingerprint density at radius 1 is 1.10 bits per heavy atom. The van der Waals surface area contributed by atoms with Crippen LogP contribution in [0.3, 0.4) is 0 Å². The van der Waals surface area contributed by atoms with E-state index in [2.05, 4.69) is 26.2 Å². The molecule has 1 aromatic heterocycles. The molecule has 0 spiro atoms. The number of hydrogen-bond acceptors (Lipinski definition) is 1. The van der Waals surface area contributed by atoms with Gasteiger partial charge in [0, 0.05) is 21.9 Å². The minimum absolute atomic E-state index is 0.0934. The average molecular weight is 329 g/mol. The highest BCUT2D eigenvalue weighted by molar-refractivity contribution is 9.10. The predicted octanol–water partition coefficient (Wildman–Crippen LogP) is 3.86. The molecule has 0 aliphatic rings. The first-order valence-electron chi connectivity index (χ1n) is 6.33. The van der Waals surface area contributed by atoms with Crippen molar-refractivity contribution in [2.75, 3.05) is 0 Å². The molecule has 0 radical (unpaired) electrons. The van der Waals surface area contributed by atoms with Crippen molar-refractivity contribution in [1.29, 1.82) is 0 Å². The Kier molecular flexibility index (Phi) is 3.56. The van der Waals surface area contributed by atoms with E-state index in [0.29, 0.717) is 12.2 Å². The molecule has 0 bridgehead atoms. The van der Waals surface area contributed by atoms with E-state index in [1.54, 1.807) is 0 Å². The molecule has 100 valence electrons. The zero-order valence-electron chi connectivity index (χ0n) is 10.7. The third-order valence-corrected chi connectivity index (χ3v) is 3.67. The first kappa shape index (κ1) is 12.9. The van der Waals surface area contributed by atoms with Gasteiger partial charge in [-0.05, 0) is 29.8 Å². The van der Waals surface area contributed by atoms with Crippen molar-refractivity contribution in [3.05, 3.63) is 70.3 Å². The number of nitrogens with one attached hydrogen (secondary N) is 2. The number of halogens is 1. The van der Waals surface area contributed by atoms with Gasteiger partial charge in [-0.3, -0.25) is 4.79 Å². The normalized spacial score (nSPS) is 10.7. The number of para-hydroxylation sites is 1. The van der Waals surface area contributed by atoms with Crippen molar-refractivity contribution >= 4 is 32.7 Å². The third-order valence-electron chi connectivity index (χ3n) is 3.14. The molecule has 0 fully saturated rings. The summed E-state index contributed by atoms with van der Waals surface area (Å²) in [5, 5.41) is 3.95. The van der Waals surface area contributed by atoms with Crippen LogP contribution in [0.25, 0.3) is 10.9 Å². The lowest BCUT2D eigenvalue weighted by molar-refractivity contribution is 0.0947. The van der Waals surface area contributed by atoms with Crippen molar-refractivity contribution in [2.24, 2.45) is 0 Å². The molecule has 20 heavy (non-hydrogen) atoms. The summed E-state index contributed by atoms with van der Waals surface area (Å²) >= 11 is 3.39. The molecule has 3 aromatic rings. The predicted molar refractivity (Wildman–Crippen MR) is 83.6 cm³/mol. The number of carbonyl (C=O) groups is 1. The highest BCUT2D eigenvalue weighted by atomic mass is 79.9. The number of rotatable bonds is 3. The molecule has 4 heteroatoms. The minimum Gasteiger partial charge on any atom is -0.351 e. The van der Waals surface area contributed by atoms with E-state index in [0.717, 1.165) is 20.9 Å². The van der Waals surface area contributed by atoms with Crippen LogP contribution in [0.1, 0.15) is 16.1 Å². The molecule has 0 saturated carbocycles. The molecule has 0 saturated heterocycles. The van der Waals surface area contributed by atoms with Crippen LogP contribution in [0, 0.1) is 0 Å². The smallest absolute Gasteiger partial charge is 0.267 e. The van der Waals surface area contributed by atoms with E-state index >= 15 is 0 Å². The van der Waals surface area contributed by atoms with Crippen molar-refractivity contribution in [1.82, 2.24) is 10.3 Å². The minimum atomic E-state index is -0.0934. The largest absolute Gasteiger partial charge is 0.351 e. The monoisotopic (exact) mass is 328 g/mol. The summed E-state index contributed by atoms with van der Waals surface area (Å²) in [6, 6.07) is 17.6. The fraction of sp³-hybridized carbons (Fsp3) is 0.0625. The van der Waals surface area contributed by atoms with Crippen LogP contribution >= 0.6 is 15.9 Å². The molecular weight excluding hydrogens is 316 g/mol. The molecule has 0 atom stereocenters. The second-order valence-electron chi connectivity index (χ2n) is 4.58. The Labute approximate surface area is 125 Å². The number of aromatic nitrogens is 1. The van der Waals surface area contributed by atoms with Gasteiger partial charge in [-0.25, -0.2) is 0 Å². The van der Waals surface area contributed by atoms with Gasteiger partial charge in [0.15, 0.2) is 0 Å². The van der Waals surface area contributed by atoms with E-state index < -0.39 is 0 Å². The fourth-order valence-corrected chi connectivity index (χ4v) is 2.34. The maximum atomic E-state index is 12.1. The molecule has 2 N–H and O–H groups in total. The summed E-state index contributed by atoms with van der Waals surface area (Å²) in [6.45, 7) is 0.515. The third kappa shape index (κ3) is 2.75. The highest BCUT2D eigenvalue weighted by Gasteiger charge is 2.08. The van der Waals surface area contributed by atoms with Gasteiger partial charge in [0.05, 0.1) is 0 Å². The van der Waals surface area contributed by atoms with E-state index in [9.17, 15) is 4.79 Å². The number of H-pyrrole nitrogens is 1. The topological polar surface area (TPSA) is 44.9 Å². The van der Waals surface area contributed by atoms with Gasteiger partial charge in [0.1, 0.15) is 5.69 Å². The molecule has 0 aliphatic heterocycles. The SMILES string of the molecule is O=C(NCc1ccc(Br)cc1)c1cc2ccccc2[nH]1. The summed E-state index contributed by atoms with van der Waals surface area (Å²) in [4.78, 5) is 15.2. The van der Waals surface area contributed by atoms with Crippen LogP contribution < -0.4 is 5.32 Å². The Morgan fingerprint density at radius 2 is 1.85 bits per heavy atom. The Morgan fingerprint density at radius 3 is 2.60 bits per heavy atom. The Balaban J connectivity index is 1.71. The lowest BCUT2D eigenvalue weighted by Crippen LogP contribution is -2.22. The first-order valence-corrected chi connectivity index (χ1v) is 7.12. The summed E-state index contributed by atoms with van der Waals surface area (Å²) in [5.41, 5.74) is 2.63. The molecule has 1 amide bonds. The van der Waals surface area contributed by atoms with Gasteiger partial charge >= 0.3 is 0 Å². The van der Waals surface area contributed by atoms with Crippen LogP contribution in [-0.4, -0.2) is 10.9 Å². The lowest BCUT2D eigenvalue weighted by atomic mass is 10.2. The molecule has 3 rings (SSSR count). The van der Waals surface area contributed by atoms with E-state index in [4.69, 9.17) is 0 Å². The van der Waals surface area contributed by atoms with Crippen molar-refractivity contribution in [3.8, 4) is 0 Å². The van der Waals surface area contributed by atoms with E-state index in [1.165, 1.54) is 0 Å². The van der Waals surface area contributed by atoms with Crippen LogP contribution in [0.2, 0.25) is 0 Å². The van der Waals surface area contributed by atoms with Gasteiger partial charge in [-0.1, -0.05) is 46.3 Å². The number of hydrogen-bond donors (Lipinski definition) is 2. The Hall–Kier alpha value is -2.07. The molecule has 3 nitrogen and oxygen atoms in total. The average Bonchev–Trinajstić information content (AvgIpc) is 2.90. The van der Waals surface area contributed by atoms with Gasteiger partial charge in [-0.2, -0.15) is 0 Å². The number of fused-ring (bicyclic) bond motifs is 1. The zero-order valence-corrected chi connectivity index (χ0v) is 12.3. The van der Waals surface area contributed by atoms with Crippen LogP contribution in [0.5, 0.6) is 0 Å².